The van der Waals surface area contributed by atoms with Gasteiger partial charge in [0.25, 0.3) is 0 Å². The Balaban J connectivity index is 1.23. The van der Waals surface area contributed by atoms with Crippen LogP contribution >= 0.6 is 8.58 Å². The van der Waals surface area contributed by atoms with Gasteiger partial charge in [0.15, 0.2) is 5.65 Å². The third-order valence-corrected chi connectivity index (χ3v) is 8.39. The van der Waals surface area contributed by atoms with E-state index in [1.807, 2.05) is 65.0 Å². The monoisotopic (exact) mass is 560 g/mol. The Hall–Kier alpha value is -3.68. The van der Waals surface area contributed by atoms with Crippen LogP contribution in [-0.2, 0) is 6.54 Å². The van der Waals surface area contributed by atoms with Gasteiger partial charge < -0.3 is 25.7 Å². The van der Waals surface area contributed by atoms with E-state index in [0.717, 1.165) is 47.3 Å². The fourth-order valence-electron chi connectivity index (χ4n) is 5.14. The first-order valence-electron chi connectivity index (χ1n) is 13.8. The van der Waals surface area contributed by atoms with E-state index < -0.39 is 6.10 Å². The van der Waals surface area contributed by atoms with E-state index in [4.69, 9.17) is 4.98 Å². The maximum atomic E-state index is 13.0. The number of hydrogen-bond donors (Lipinski definition) is 4. The third-order valence-electron chi connectivity index (χ3n) is 7.49. The van der Waals surface area contributed by atoms with E-state index in [-0.39, 0.29) is 17.7 Å². The number of phenols is 1. The standard InChI is InChI=1S/C30H37N6O3P/c1-3-25(37)22-12-10-20(11-13-22)16-32-30(39)35-14-6-7-21(19-35)17-31-28-15-24(23-8-4-5-9-26(23)38)34-29-27(40-2)18-33-36(28)29/h4-5,8-13,15,18,21,25,31,37-38,40H,3,6-7,14,16-17,19H2,1-2H3,(H,32,39). The third kappa shape index (κ3) is 6.21. The Morgan fingerprint density at radius 1 is 1.20 bits per heavy atom. The molecule has 0 saturated carbocycles. The summed E-state index contributed by atoms with van der Waals surface area (Å²) < 4.78 is 1.83. The van der Waals surface area contributed by atoms with E-state index in [1.54, 1.807) is 12.1 Å². The van der Waals surface area contributed by atoms with Crippen LogP contribution in [0.15, 0.2) is 60.8 Å². The number of anilines is 1. The molecule has 0 bridgehead atoms. The molecule has 3 atom stereocenters. The van der Waals surface area contributed by atoms with Crippen LogP contribution in [0.3, 0.4) is 0 Å². The predicted molar refractivity (Wildman–Crippen MR) is 161 cm³/mol. The normalized spacial score (nSPS) is 16.5. The van der Waals surface area contributed by atoms with Gasteiger partial charge in [0.2, 0.25) is 0 Å². The van der Waals surface area contributed by atoms with Crippen LogP contribution in [0, 0.1) is 5.92 Å². The molecule has 1 saturated heterocycles. The van der Waals surface area contributed by atoms with Crippen molar-refractivity contribution in [1.82, 2.24) is 24.8 Å². The summed E-state index contributed by atoms with van der Waals surface area (Å²) in [6.45, 7) is 6.60. The highest BCUT2D eigenvalue weighted by Crippen LogP contribution is 2.30. The van der Waals surface area contributed by atoms with E-state index in [0.29, 0.717) is 45.9 Å². The van der Waals surface area contributed by atoms with Crippen LogP contribution in [0.1, 0.15) is 43.4 Å². The first-order chi connectivity index (χ1) is 19.5. The summed E-state index contributed by atoms with van der Waals surface area (Å²) in [4.78, 5) is 19.7. The number of rotatable bonds is 9. The Morgan fingerprint density at radius 2 is 2.00 bits per heavy atom. The van der Waals surface area contributed by atoms with E-state index in [9.17, 15) is 15.0 Å². The maximum absolute atomic E-state index is 13.0. The number of fused-ring (bicyclic) bond motifs is 1. The second-order valence-electron chi connectivity index (χ2n) is 10.2. The van der Waals surface area contributed by atoms with Gasteiger partial charge in [-0.25, -0.2) is 9.78 Å². The first kappa shape index (κ1) is 27.9. The van der Waals surface area contributed by atoms with Crippen molar-refractivity contribution in [2.24, 2.45) is 5.92 Å². The lowest BCUT2D eigenvalue weighted by atomic mass is 9.98. The van der Waals surface area contributed by atoms with Gasteiger partial charge in [-0.05, 0) is 55.1 Å². The number of carbonyl (C=O) groups excluding carboxylic acids is 1. The van der Waals surface area contributed by atoms with Gasteiger partial charge in [-0.1, -0.05) is 51.9 Å². The number of aromatic nitrogens is 3. The number of benzene rings is 2. The number of urea groups is 1. The first-order valence-corrected chi connectivity index (χ1v) is 15.3. The number of aliphatic hydroxyl groups is 1. The average molecular weight is 561 g/mol. The molecule has 0 radical (unpaired) electrons. The predicted octanol–water partition coefficient (Wildman–Crippen LogP) is 4.51. The van der Waals surface area contributed by atoms with Crippen molar-refractivity contribution in [3.63, 3.8) is 0 Å². The number of aliphatic hydroxyl groups excluding tert-OH is 1. The molecule has 1 aliphatic heterocycles. The highest BCUT2D eigenvalue weighted by molar-refractivity contribution is 7.46. The molecule has 1 fully saturated rings. The summed E-state index contributed by atoms with van der Waals surface area (Å²) in [7, 11) is 0.545. The molecule has 0 aliphatic carbocycles. The molecule has 3 unspecified atom stereocenters. The van der Waals surface area contributed by atoms with Crippen molar-refractivity contribution in [3.05, 3.63) is 71.9 Å². The van der Waals surface area contributed by atoms with Gasteiger partial charge in [-0.15, -0.1) is 0 Å². The molecule has 40 heavy (non-hydrogen) atoms. The van der Waals surface area contributed by atoms with Crippen LogP contribution in [0.4, 0.5) is 10.6 Å². The number of amides is 2. The van der Waals surface area contributed by atoms with Gasteiger partial charge in [-0.3, -0.25) is 0 Å². The molecular formula is C30H37N6O3P. The molecule has 3 heterocycles. The Bertz CT molecular complexity index is 1460. The molecule has 2 amide bonds. The second kappa shape index (κ2) is 12.7. The fourth-order valence-corrected chi connectivity index (χ4v) is 5.71. The average Bonchev–Trinajstić information content (AvgIpc) is 3.42. The zero-order valence-corrected chi connectivity index (χ0v) is 24.0. The van der Waals surface area contributed by atoms with Gasteiger partial charge in [0.1, 0.15) is 11.6 Å². The van der Waals surface area contributed by atoms with E-state index >= 15 is 0 Å². The minimum atomic E-state index is -0.454. The summed E-state index contributed by atoms with van der Waals surface area (Å²) in [5.74, 6) is 1.29. The number of aromatic hydroxyl groups is 1. The van der Waals surface area contributed by atoms with Crippen LogP contribution in [-0.4, -0.2) is 62.0 Å². The maximum Gasteiger partial charge on any atom is 0.317 e. The SMILES string of the molecule is CCC(O)c1ccc(CNC(=O)N2CCCC(CNc3cc(-c4ccccc4O)nc4c(PC)cnn34)C2)cc1. The fraction of sp³-hybridized carbons (Fsp3) is 0.367. The molecule has 4 N–H and O–H groups in total. The van der Waals surface area contributed by atoms with Crippen LogP contribution in [0.5, 0.6) is 5.75 Å². The molecule has 210 valence electrons. The quantitative estimate of drug-likeness (QED) is 0.224. The summed E-state index contributed by atoms with van der Waals surface area (Å²) in [5, 5.41) is 32.7. The van der Waals surface area contributed by atoms with Crippen molar-refractivity contribution in [2.75, 3.05) is 31.6 Å². The van der Waals surface area contributed by atoms with Gasteiger partial charge in [0.05, 0.1) is 18.0 Å². The molecule has 1 aliphatic rings. The molecule has 9 nitrogen and oxygen atoms in total. The minimum Gasteiger partial charge on any atom is -0.507 e. The van der Waals surface area contributed by atoms with E-state index in [2.05, 4.69) is 22.4 Å². The smallest absolute Gasteiger partial charge is 0.317 e. The number of hydrogen-bond acceptors (Lipinski definition) is 6. The summed E-state index contributed by atoms with van der Waals surface area (Å²) in [6, 6.07) is 16.8. The topological polar surface area (TPSA) is 115 Å². The number of nitrogens with one attached hydrogen (secondary N) is 2. The lowest BCUT2D eigenvalue weighted by Gasteiger charge is -2.33. The highest BCUT2D eigenvalue weighted by atomic mass is 31.1. The Labute approximate surface area is 236 Å². The van der Waals surface area contributed by atoms with Crippen molar-refractivity contribution in [2.45, 2.75) is 38.8 Å². The number of piperidine rings is 1. The molecule has 10 heteroatoms. The summed E-state index contributed by atoms with van der Waals surface area (Å²) >= 11 is 0. The Kier molecular flexibility index (Phi) is 8.82. The molecule has 0 spiro atoms. The van der Waals surface area contributed by atoms with Crippen molar-refractivity contribution in [1.29, 1.82) is 0 Å². The zero-order chi connectivity index (χ0) is 28.1. The van der Waals surface area contributed by atoms with Crippen molar-refractivity contribution >= 4 is 31.4 Å². The molecule has 5 rings (SSSR count). The summed E-state index contributed by atoms with van der Waals surface area (Å²) in [5.41, 5.74) is 4.05. The number of likely N-dealkylation sites (tertiary alicyclic amines) is 1. The van der Waals surface area contributed by atoms with Crippen molar-refractivity contribution < 1.29 is 15.0 Å². The van der Waals surface area contributed by atoms with Gasteiger partial charge in [-0.2, -0.15) is 9.61 Å². The van der Waals surface area contributed by atoms with Crippen LogP contribution in [0.2, 0.25) is 0 Å². The molecule has 2 aromatic heterocycles. The number of phenolic OH excluding ortho intramolecular Hbond substituents is 1. The Morgan fingerprint density at radius 3 is 2.75 bits per heavy atom. The molecule has 4 aromatic rings. The van der Waals surface area contributed by atoms with E-state index in [1.165, 1.54) is 0 Å². The molecular weight excluding hydrogens is 523 g/mol. The minimum absolute atomic E-state index is 0.0591. The zero-order valence-electron chi connectivity index (χ0n) is 23.0. The van der Waals surface area contributed by atoms with Gasteiger partial charge in [0, 0.05) is 43.1 Å². The summed E-state index contributed by atoms with van der Waals surface area (Å²) in [6.07, 6.45) is 4.05. The molecule has 2 aromatic carbocycles. The number of nitrogens with zero attached hydrogens (tertiary/aromatic N) is 4. The highest BCUT2D eigenvalue weighted by Gasteiger charge is 2.24. The lowest BCUT2D eigenvalue weighted by Crippen LogP contribution is -2.46. The van der Waals surface area contributed by atoms with Crippen molar-refractivity contribution in [3.8, 4) is 17.0 Å². The number of para-hydroxylation sites is 1. The van der Waals surface area contributed by atoms with Crippen LogP contribution < -0.4 is 15.9 Å². The largest absolute Gasteiger partial charge is 0.507 e. The van der Waals surface area contributed by atoms with Gasteiger partial charge >= 0.3 is 6.03 Å². The lowest BCUT2D eigenvalue weighted by molar-refractivity contribution is 0.168. The van der Waals surface area contributed by atoms with Crippen LogP contribution in [0.25, 0.3) is 16.9 Å². The second-order valence-corrected chi connectivity index (χ2v) is 11.3. The number of carbonyl (C=O) groups is 1.